The molecule has 0 radical (unpaired) electrons. The smallest absolute Gasteiger partial charge is 0.162 e. The molecule has 0 saturated carbocycles. The average molecular weight is 795 g/mol. The molecule has 0 bridgehead atoms. The zero-order valence-corrected chi connectivity index (χ0v) is 35.8. The summed E-state index contributed by atoms with van der Waals surface area (Å²) in [6.45, 7) is 11.6. The van der Waals surface area contributed by atoms with Gasteiger partial charge >= 0.3 is 0 Å². The van der Waals surface area contributed by atoms with Gasteiger partial charge in [0.1, 0.15) is 0 Å². The van der Waals surface area contributed by atoms with Gasteiger partial charge in [0.2, 0.25) is 0 Å². The average Bonchev–Trinajstić information content (AvgIpc) is 3.27. The number of Topliss-reactive ketones (excluding diaryl/α,β-unsaturated/α-hetero) is 1. The maximum absolute atomic E-state index is 13.1. The van der Waals surface area contributed by atoms with Gasteiger partial charge in [-0.25, -0.2) is 0 Å². The van der Waals surface area contributed by atoms with Gasteiger partial charge in [-0.2, -0.15) is 0 Å². The number of carbonyl (C=O) groups excluding carboxylic acids is 1. The molecule has 0 aliphatic carbocycles. The number of pyridine rings is 2. The Hall–Kier alpha value is -7.17. The number of aryl methyl sites for hydroxylation is 5. The van der Waals surface area contributed by atoms with Crippen LogP contribution in [-0.4, -0.2) is 20.9 Å². The molecule has 0 unspecified atom stereocenters. The first kappa shape index (κ1) is 40.6. The molecule has 0 saturated heterocycles. The Morgan fingerprint density at radius 2 is 0.803 bits per heavy atom. The molecule has 0 amide bonds. The number of carbonyl (C=O) groups is 1. The van der Waals surface area contributed by atoms with Gasteiger partial charge in [0.15, 0.2) is 5.78 Å². The predicted octanol–water partition coefficient (Wildman–Crippen LogP) is 14.7. The summed E-state index contributed by atoms with van der Waals surface area (Å²) in [4.78, 5) is 22.7. The van der Waals surface area contributed by atoms with Crippen LogP contribution < -0.4 is 0 Å². The molecule has 2 heterocycles. The topological polar surface area (TPSA) is 63.1 Å². The first-order chi connectivity index (χ1) is 29.5. The lowest BCUT2D eigenvalue weighted by Crippen LogP contribution is -2.04. The van der Waals surface area contributed by atoms with E-state index in [1.807, 2.05) is 19.9 Å². The highest BCUT2D eigenvalue weighted by molar-refractivity contribution is 5.96. The molecule has 1 N–H and O–H groups in total. The number of hydrogen-bond acceptors (Lipinski definition) is 4. The second-order valence-electron chi connectivity index (χ2n) is 16.2. The second-order valence-corrected chi connectivity index (χ2v) is 16.2. The first-order valence-electron chi connectivity index (χ1n) is 20.9. The maximum Gasteiger partial charge on any atom is 0.162 e. The molecule has 6 aromatic carbocycles. The molecule has 2 aromatic heterocycles. The molecule has 61 heavy (non-hydrogen) atoms. The van der Waals surface area contributed by atoms with E-state index < -0.39 is 0 Å². The molecule has 0 aliphatic rings. The van der Waals surface area contributed by atoms with E-state index >= 15 is 0 Å². The maximum atomic E-state index is 13.1. The highest BCUT2D eigenvalue weighted by atomic mass is 16.3. The van der Waals surface area contributed by atoms with Gasteiger partial charge in [-0.3, -0.25) is 14.8 Å². The van der Waals surface area contributed by atoms with E-state index in [0.717, 1.165) is 95.1 Å². The highest BCUT2D eigenvalue weighted by Gasteiger charge is 2.17. The van der Waals surface area contributed by atoms with Crippen molar-refractivity contribution in [1.82, 2.24) is 9.97 Å². The Kier molecular flexibility index (Phi) is 11.7. The minimum absolute atomic E-state index is 0.0502. The molecule has 300 valence electrons. The van der Waals surface area contributed by atoms with Gasteiger partial charge in [0.05, 0.1) is 17.1 Å². The SMILES string of the molecule is C/C(O)=C(\C)C(=O)CCc1ccccc1-c1cc(-c2ccccc2-c2ccc(-c3cc(C)cc(C)n3)cc2)cc(-c2ccccc2-c2ccc(-c3cc(C)cc(C)n3)cc2)c1. The lowest BCUT2D eigenvalue weighted by atomic mass is 9.86. The van der Waals surface area contributed by atoms with Crippen molar-refractivity contribution >= 4 is 5.78 Å². The third-order valence-electron chi connectivity index (χ3n) is 11.5. The molecular weight excluding hydrogens is 745 g/mol. The van der Waals surface area contributed by atoms with Crippen LogP contribution in [0.5, 0.6) is 0 Å². The second kappa shape index (κ2) is 17.6. The first-order valence-corrected chi connectivity index (χ1v) is 20.9. The Labute approximate surface area is 360 Å². The van der Waals surface area contributed by atoms with Crippen LogP contribution in [0.1, 0.15) is 48.3 Å². The fourth-order valence-corrected chi connectivity index (χ4v) is 8.34. The highest BCUT2D eigenvalue weighted by Crippen LogP contribution is 2.41. The number of aliphatic hydroxyl groups excluding tert-OH is 1. The van der Waals surface area contributed by atoms with E-state index in [1.165, 1.54) is 11.1 Å². The minimum atomic E-state index is -0.0502. The molecule has 0 aliphatic heterocycles. The fraction of sp³-hybridized carbons (Fsp3) is 0.140. The summed E-state index contributed by atoms with van der Waals surface area (Å²) in [5, 5.41) is 10.0. The summed E-state index contributed by atoms with van der Waals surface area (Å²) in [5.74, 6) is 0.0202. The Bertz CT molecular complexity index is 2740. The van der Waals surface area contributed by atoms with Crippen LogP contribution in [0.25, 0.3) is 78.1 Å². The number of aromatic nitrogens is 2. The zero-order chi connectivity index (χ0) is 42.6. The summed E-state index contributed by atoms with van der Waals surface area (Å²) in [7, 11) is 0. The number of rotatable bonds is 11. The van der Waals surface area contributed by atoms with E-state index in [2.05, 4.69) is 172 Å². The van der Waals surface area contributed by atoms with Crippen molar-refractivity contribution in [2.75, 3.05) is 0 Å². The Morgan fingerprint density at radius 3 is 1.21 bits per heavy atom. The van der Waals surface area contributed by atoms with Crippen molar-refractivity contribution in [2.45, 2.75) is 54.4 Å². The molecule has 8 rings (SSSR count). The van der Waals surface area contributed by atoms with Crippen molar-refractivity contribution < 1.29 is 9.90 Å². The third kappa shape index (κ3) is 9.05. The van der Waals surface area contributed by atoms with Crippen LogP contribution in [0.15, 0.2) is 175 Å². The summed E-state index contributed by atoms with van der Waals surface area (Å²) >= 11 is 0. The van der Waals surface area contributed by atoms with Crippen molar-refractivity contribution in [3.63, 3.8) is 0 Å². The van der Waals surface area contributed by atoms with Gasteiger partial charge in [-0.1, -0.05) is 121 Å². The van der Waals surface area contributed by atoms with Crippen LogP contribution in [-0.2, 0) is 11.2 Å². The van der Waals surface area contributed by atoms with Crippen molar-refractivity contribution in [3.8, 4) is 78.1 Å². The van der Waals surface area contributed by atoms with Crippen molar-refractivity contribution in [3.05, 3.63) is 203 Å². The summed E-state index contributed by atoms with van der Waals surface area (Å²) in [6, 6.07) is 58.4. The molecule has 0 atom stereocenters. The van der Waals surface area contributed by atoms with Crippen LogP contribution in [0.3, 0.4) is 0 Å². The van der Waals surface area contributed by atoms with E-state index in [9.17, 15) is 9.90 Å². The largest absolute Gasteiger partial charge is 0.512 e. The Balaban J connectivity index is 1.25. The number of allylic oxidation sites excluding steroid dienone is 2. The molecular formula is C57H50N2O2. The number of hydrogen-bond donors (Lipinski definition) is 1. The van der Waals surface area contributed by atoms with Crippen LogP contribution in [0.2, 0.25) is 0 Å². The lowest BCUT2D eigenvalue weighted by Gasteiger charge is -2.18. The van der Waals surface area contributed by atoms with Gasteiger partial charge in [0.25, 0.3) is 0 Å². The number of benzene rings is 6. The van der Waals surface area contributed by atoms with Crippen LogP contribution in [0, 0.1) is 27.7 Å². The van der Waals surface area contributed by atoms with Gasteiger partial charge in [-0.05, 0) is 163 Å². The predicted molar refractivity (Wildman–Crippen MR) is 253 cm³/mol. The van der Waals surface area contributed by atoms with Gasteiger partial charge in [0, 0.05) is 34.5 Å². The number of nitrogens with zero attached hydrogens (tertiary/aromatic N) is 2. The van der Waals surface area contributed by atoms with Crippen LogP contribution >= 0.6 is 0 Å². The lowest BCUT2D eigenvalue weighted by molar-refractivity contribution is -0.115. The monoisotopic (exact) mass is 794 g/mol. The number of aliphatic hydroxyl groups is 1. The van der Waals surface area contributed by atoms with Gasteiger partial charge in [-0.15, -0.1) is 0 Å². The Morgan fingerprint density at radius 1 is 0.443 bits per heavy atom. The van der Waals surface area contributed by atoms with E-state index in [4.69, 9.17) is 9.97 Å². The van der Waals surface area contributed by atoms with Gasteiger partial charge < -0.3 is 5.11 Å². The van der Waals surface area contributed by atoms with E-state index in [1.54, 1.807) is 13.8 Å². The van der Waals surface area contributed by atoms with Crippen LogP contribution in [0.4, 0.5) is 0 Å². The molecule has 4 nitrogen and oxygen atoms in total. The summed E-state index contributed by atoms with van der Waals surface area (Å²) < 4.78 is 0. The summed E-state index contributed by atoms with van der Waals surface area (Å²) in [6.07, 6.45) is 0.857. The number of ketones is 1. The standard InChI is InChI=1S/C57H50N2O2/c1-36-29-38(3)58-55(31-36)45-23-19-43(20-24-45)51-15-9-11-17-53(51)48-33-47(50-14-8-7-13-42(50)27-28-57(61)40(5)41(6)60)34-49(35-48)54-18-12-10-16-52(54)44-21-25-46(26-22-44)56-32-37(2)30-39(4)59-56/h7-26,29-35,60H,27-28H2,1-6H3/b41-40-. The third-order valence-corrected chi connectivity index (χ3v) is 11.5. The normalized spacial score (nSPS) is 11.6. The molecule has 8 aromatic rings. The quantitative estimate of drug-likeness (QED) is 0.105. The fourth-order valence-electron chi connectivity index (χ4n) is 8.34. The molecule has 4 heteroatoms. The van der Waals surface area contributed by atoms with E-state index in [0.29, 0.717) is 18.4 Å². The molecule has 0 fully saturated rings. The minimum Gasteiger partial charge on any atom is -0.512 e. The zero-order valence-electron chi connectivity index (χ0n) is 35.8. The summed E-state index contributed by atoms with van der Waals surface area (Å²) in [5.41, 5.74) is 21.1. The van der Waals surface area contributed by atoms with E-state index in [-0.39, 0.29) is 11.5 Å². The molecule has 0 spiro atoms. The van der Waals surface area contributed by atoms with Crippen molar-refractivity contribution in [1.29, 1.82) is 0 Å². The van der Waals surface area contributed by atoms with Crippen molar-refractivity contribution in [2.24, 2.45) is 0 Å².